The van der Waals surface area contributed by atoms with Crippen LogP contribution in [-0.4, -0.2) is 19.1 Å². The maximum absolute atomic E-state index is 5.84. The average Bonchev–Trinajstić information content (AvgIpc) is 2.97. The molecule has 1 atom stereocenters. The smallest absolute Gasteiger partial charge is 0.00671 e. The van der Waals surface area contributed by atoms with Crippen molar-refractivity contribution < 1.29 is 0 Å². The summed E-state index contributed by atoms with van der Waals surface area (Å²) in [5.41, 5.74) is 5.84. The van der Waals surface area contributed by atoms with Gasteiger partial charge in [0.2, 0.25) is 0 Å². The lowest BCUT2D eigenvalue weighted by Crippen LogP contribution is -2.35. The predicted molar refractivity (Wildman–Crippen MR) is 70.8 cm³/mol. The Bertz CT molecular complexity index is 278. The standard InChI is InChI=1S/C13H22N2S/c14-9-11(8-13-6-3-7-16-13)10-15-12-4-1-2-5-12/h3,6-7,11-12,15H,1-2,4-5,8-10,14H2. The van der Waals surface area contributed by atoms with Gasteiger partial charge in [-0.2, -0.15) is 0 Å². The summed E-state index contributed by atoms with van der Waals surface area (Å²) in [5, 5.41) is 5.82. The highest BCUT2D eigenvalue weighted by Gasteiger charge is 2.16. The first-order chi connectivity index (χ1) is 7.88. The maximum atomic E-state index is 5.84. The van der Waals surface area contributed by atoms with Crippen LogP contribution in [0.15, 0.2) is 17.5 Å². The first kappa shape index (κ1) is 12.1. The summed E-state index contributed by atoms with van der Waals surface area (Å²) in [6.07, 6.45) is 6.65. The van der Waals surface area contributed by atoms with Crippen molar-refractivity contribution in [3.05, 3.63) is 22.4 Å². The Balaban J connectivity index is 1.72. The summed E-state index contributed by atoms with van der Waals surface area (Å²) >= 11 is 1.84. The number of thiophene rings is 1. The van der Waals surface area contributed by atoms with Gasteiger partial charge in [-0.05, 0) is 49.7 Å². The summed E-state index contributed by atoms with van der Waals surface area (Å²) in [6, 6.07) is 5.10. The minimum Gasteiger partial charge on any atom is -0.330 e. The van der Waals surface area contributed by atoms with Crippen molar-refractivity contribution in [1.82, 2.24) is 5.32 Å². The van der Waals surface area contributed by atoms with Crippen LogP contribution in [0.2, 0.25) is 0 Å². The lowest BCUT2D eigenvalue weighted by Gasteiger charge is -2.18. The molecule has 2 rings (SSSR count). The molecule has 0 amide bonds. The molecule has 0 spiro atoms. The molecule has 0 aromatic carbocycles. The molecule has 3 N–H and O–H groups in total. The minimum absolute atomic E-state index is 0.597. The molecule has 90 valence electrons. The van der Waals surface area contributed by atoms with Crippen LogP contribution in [0, 0.1) is 5.92 Å². The van der Waals surface area contributed by atoms with E-state index in [1.165, 1.54) is 30.6 Å². The van der Waals surface area contributed by atoms with Gasteiger partial charge in [-0.1, -0.05) is 18.9 Å². The normalized spacial score (nSPS) is 19.1. The molecule has 3 heteroatoms. The van der Waals surface area contributed by atoms with E-state index in [9.17, 15) is 0 Å². The van der Waals surface area contributed by atoms with E-state index in [-0.39, 0.29) is 0 Å². The molecule has 2 nitrogen and oxygen atoms in total. The van der Waals surface area contributed by atoms with E-state index in [0.717, 1.165) is 25.6 Å². The van der Waals surface area contributed by atoms with Crippen LogP contribution in [-0.2, 0) is 6.42 Å². The fraction of sp³-hybridized carbons (Fsp3) is 0.692. The van der Waals surface area contributed by atoms with E-state index in [4.69, 9.17) is 5.73 Å². The summed E-state index contributed by atoms with van der Waals surface area (Å²) < 4.78 is 0. The Labute approximate surface area is 102 Å². The van der Waals surface area contributed by atoms with Crippen LogP contribution < -0.4 is 11.1 Å². The highest BCUT2D eigenvalue weighted by atomic mass is 32.1. The Morgan fingerprint density at radius 1 is 1.44 bits per heavy atom. The van der Waals surface area contributed by atoms with Crippen molar-refractivity contribution in [3.63, 3.8) is 0 Å². The van der Waals surface area contributed by atoms with Crippen molar-refractivity contribution in [2.75, 3.05) is 13.1 Å². The van der Waals surface area contributed by atoms with Crippen LogP contribution in [0.1, 0.15) is 30.6 Å². The molecule has 16 heavy (non-hydrogen) atoms. The van der Waals surface area contributed by atoms with Gasteiger partial charge >= 0.3 is 0 Å². The Morgan fingerprint density at radius 2 is 2.25 bits per heavy atom. The number of hydrogen-bond donors (Lipinski definition) is 2. The maximum Gasteiger partial charge on any atom is 0.00671 e. The van der Waals surface area contributed by atoms with Gasteiger partial charge in [0.15, 0.2) is 0 Å². The van der Waals surface area contributed by atoms with Gasteiger partial charge in [-0.3, -0.25) is 0 Å². The van der Waals surface area contributed by atoms with Crippen LogP contribution in [0.5, 0.6) is 0 Å². The van der Waals surface area contributed by atoms with Crippen LogP contribution in [0.25, 0.3) is 0 Å². The zero-order chi connectivity index (χ0) is 11.2. The van der Waals surface area contributed by atoms with Gasteiger partial charge in [0.05, 0.1) is 0 Å². The highest BCUT2D eigenvalue weighted by Crippen LogP contribution is 2.18. The second-order valence-corrected chi connectivity index (χ2v) is 5.81. The second kappa shape index (κ2) is 6.38. The summed E-state index contributed by atoms with van der Waals surface area (Å²) in [6.45, 7) is 1.87. The van der Waals surface area contributed by atoms with Crippen molar-refractivity contribution >= 4 is 11.3 Å². The molecule has 1 aromatic heterocycles. The van der Waals surface area contributed by atoms with Crippen molar-refractivity contribution in [2.45, 2.75) is 38.1 Å². The Kier molecular flexibility index (Phi) is 4.82. The van der Waals surface area contributed by atoms with Crippen LogP contribution in [0.3, 0.4) is 0 Å². The number of nitrogens with two attached hydrogens (primary N) is 1. The van der Waals surface area contributed by atoms with Crippen LogP contribution >= 0.6 is 11.3 Å². The molecule has 0 saturated heterocycles. The van der Waals surface area contributed by atoms with Gasteiger partial charge in [0.25, 0.3) is 0 Å². The molecule has 1 aliphatic carbocycles. The van der Waals surface area contributed by atoms with Crippen molar-refractivity contribution in [3.8, 4) is 0 Å². The zero-order valence-electron chi connectivity index (χ0n) is 9.82. The largest absolute Gasteiger partial charge is 0.330 e. The zero-order valence-corrected chi connectivity index (χ0v) is 10.6. The monoisotopic (exact) mass is 238 g/mol. The molecule has 1 fully saturated rings. The predicted octanol–water partition coefficient (Wildman–Crippen LogP) is 2.40. The minimum atomic E-state index is 0.597. The van der Waals surface area contributed by atoms with E-state index in [1.807, 2.05) is 11.3 Å². The number of nitrogens with one attached hydrogen (secondary N) is 1. The number of rotatable bonds is 6. The van der Waals surface area contributed by atoms with Gasteiger partial charge in [-0.15, -0.1) is 11.3 Å². The Morgan fingerprint density at radius 3 is 2.88 bits per heavy atom. The summed E-state index contributed by atoms with van der Waals surface area (Å²) in [4.78, 5) is 1.46. The summed E-state index contributed by atoms with van der Waals surface area (Å²) in [5.74, 6) is 0.597. The molecule has 1 aliphatic rings. The van der Waals surface area contributed by atoms with Gasteiger partial charge in [0, 0.05) is 10.9 Å². The van der Waals surface area contributed by atoms with E-state index >= 15 is 0 Å². The van der Waals surface area contributed by atoms with Gasteiger partial charge in [0.1, 0.15) is 0 Å². The van der Waals surface area contributed by atoms with Gasteiger partial charge < -0.3 is 11.1 Å². The first-order valence-electron chi connectivity index (χ1n) is 6.34. The molecule has 0 bridgehead atoms. The summed E-state index contributed by atoms with van der Waals surface area (Å²) in [7, 11) is 0. The molecule has 1 unspecified atom stereocenters. The molecular weight excluding hydrogens is 216 g/mol. The fourth-order valence-corrected chi connectivity index (χ4v) is 3.24. The molecule has 1 saturated carbocycles. The molecule has 1 aromatic rings. The fourth-order valence-electron chi connectivity index (χ4n) is 2.42. The van der Waals surface area contributed by atoms with E-state index in [2.05, 4.69) is 22.8 Å². The quantitative estimate of drug-likeness (QED) is 0.798. The van der Waals surface area contributed by atoms with E-state index < -0.39 is 0 Å². The van der Waals surface area contributed by atoms with E-state index in [0.29, 0.717) is 5.92 Å². The topological polar surface area (TPSA) is 38.0 Å². The molecule has 1 heterocycles. The molecule has 0 aliphatic heterocycles. The molecular formula is C13H22N2S. The highest BCUT2D eigenvalue weighted by molar-refractivity contribution is 7.09. The SMILES string of the molecule is NCC(CNC1CCCC1)Cc1cccs1. The molecule has 0 radical (unpaired) electrons. The van der Waals surface area contributed by atoms with E-state index in [1.54, 1.807) is 0 Å². The Hall–Kier alpha value is -0.380. The third kappa shape index (κ3) is 3.58. The third-order valence-electron chi connectivity index (χ3n) is 3.45. The van der Waals surface area contributed by atoms with Crippen molar-refractivity contribution in [2.24, 2.45) is 11.7 Å². The first-order valence-corrected chi connectivity index (χ1v) is 7.22. The van der Waals surface area contributed by atoms with Gasteiger partial charge in [-0.25, -0.2) is 0 Å². The lowest BCUT2D eigenvalue weighted by atomic mass is 10.0. The number of hydrogen-bond acceptors (Lipinski definition) is 3. The third-order valence-corrected chi connectivity index (χ3v) is 4.35. The average molecular weight is 238 g/mol. The van der Waals surface area contributed by atoms with Crippen LogP contribution in [0.4, 0.5) is 0 Å². The van der Waals surface area contributed by atoms with Crippen molar-refractivity contribution in [1.29, 1.82) is 0 Å². The second-order valence-electron chi connectivity index (χ2n) is 4.77. The lowest BCUT2D eigenvalue weighted by molar-refractivity contribution is 0.432.